The molecule has 1 aliphatic rings. The van der Waals surface area contributed by atoms with Crippen molar-refractivity contribution in [3.8, 4) is 0 Å². The molecule has 2 N–H and O–H groups in total. The van der Waals surface area contributed by atoms with Gasteiger partial charge in [-0.05, 0) is 55.8 Å². The molecule has 1 atom stereocenters. The Bertz CT molecular complexity index is 738. The number of nitrogens with one attached hydrogen (secondary N) is 2. The lowest BCUT2D eigenvalue weighted by Gasteiger charge is -2.34. The lowest BCUT2D eigenvalue weighted by atomic mass is 10.0. The summed E-state index contributed by atoms with van der Waals surface area (Å²) in [5.74, 6) is -0.442. The van der Waals surface area contributed by atoms with Crippen molar-refractivity contribution in [3.05, 3.63) is 59.1 Å². The molecule has 0 spiro atoms. The zero-order chi connectivity index (χ0) is 18.4. The minimum absolute atomic E-state index is 0.0680. The van der Waals surface area contributed by atoms with Gasteiger partial charge < -0.3 is 10.6 Å². The number of halogens is 2. The standard InChI is InChI=1S/C19H22ClFN4O/c20-16-11-15(21)6-7-17(16)24-19(26)23-13-18(14-5-4-8-22-12-14)25-9-2-1-3-10-25/h4-8,11-12,18H,1-3,9-10,13H2,(H2,23,24,26). The van der Waals surface area contributed by atoms with Crippen molar-refractivity contribution in [2.75, 3.05) is 25.0 Å². The minimum Gasteiger partial charge on any atom is -0.336 e. The van der Waals surface area contributed by atoms with Crippen molar-refractivity contribution in [1.82, 2.24) is 15.2 Å². The summed E-state index contributed by atoms with van der Waals surface area (Å²) in [5, 5.41) is 5.73. The smallest absolute Gasteiger partial charge is 0.319 e. The summed E-state index contributed by atoms with van der Waals surface area (Å²) < 4.78 is 13.1. The highest BCUT2D eigenvalue weighted by Gasteiger charge is 2.23. The third-order valence-corrected chi connectivity index (χ3v) is 4.85. The third-order valence-electron chi connectivity index (χ3n) is 4.54. The highest BCUT2D eigenvalue weighted by atomic mass is 35.5. The molecular weight excluding hydrogens is 355 g/mol. The molecule has 2 heterocycles. The van der Waals surface area contributed by atoms with Gasteiger partial charge in [-0.1, -0.05) is 24.1 Å². The number of amides is 2. The van der Waals surface area contributed by atoms with Gasteiger partial charge in [0.2, 0.25) is 0 Å². The van der Waals surface area contributed by atoms with E-state index >= 15 is 0 Å². The Balaban J connectivity index is 1.64. The molecule has 1 unspecified atom stereocenters. The van der Waals surface area contributed by atoms with E-state index in [1.54, 1.807) is 6.20 Å². The van der Waals surface area contributed by atoms with Gasteiger partial charge >= 0.3 is 6.03 Å². The van der Waals surface area contributed by atoms with Gasteiger partial charge in [-0.15, -0.1) is 0 Å². The summed E-state index contributed by atoms with van der Waals surface area (Å²) >= 11 is 5.95. The fraction of sp³-hybridized carbons (Fsp3) is 0.368. The second-order valence-electron chi connectivity index (χ2n) is 6.36. The van der Waals surface area contributed by atoms with Crippen molar-refractivity contribution in [3.63, 3.8) is 0 Å². The molecule has 2 amide bonds. The lowest BCUT2D eigenvalue weighted by molar-refractivity contribution is 0.161. The van der Waals surface area contributed by atoms with Gasteiger partial charge in [0, 0.05) is 18.9 Å². The van der Waals surface area contributed by atoms with Crippen molar-refractivity contribution in [1.29, 1.82) is 0 Å². The Hall–Kier alpha value is -2.18. The van der Waals surface area contributed by atoms with Crippen LogP contribution in [0.25, 0.3) is 0 Å². The number of rotatable bonds is 5. The number of carbonyl (C=O) groups is 1. The molecular formula is C19H22ClFN4O. The maximum absolute atomic E-state index is 13.1. The van der Waals surface area contributed by atoms with Gasteiger partial charge in [-0.25, -0.2) is 9.18 Å². The average molecular weight is 377 g/mol. The van der Waals surface area contributed by atoms with Gasteiger partial charge in [0.05, 0.1) is 16.8 Å². The first-order chi connectivity index (χ1) is 12.6. The summed E-state index contributed by atoms with van der Waals surface area (Å²) in [5.41, 5.74) is 1.45. The van der Waals surface area contributed by atoms with Crippen molar-refractivity contribution in [2.45, 2.75) is 25.3 Å². The molecule has 3 rings (SSSR count). The van der Waals surface area contributed by atoms with Crippen molar-refractivity contribution >= 4 is 23.3 Å². The van der Waals surface area contributed by atoms with Crippen LogP contribution in [0.2, 0.25) is 5.02 Å². The van der Waals surface area contributed by atoms with Crippen LogP contribution in [0.5, 0.6) is 0 Å². The van der Waals surface area contributed by atoms with E-state index in [1.165, 1.54) is 24.6 Å². The predicted molar refractivity (Wildman–Crippen MR) is 101 cm³/mol. The van der Waals surface area contributed by atoms with E-state index in [4.69, 9.17) is 11.6 Å². The van der Waals surface area contributed by atoms with Gasteiger partial charge in [0.1, 0.15) is 5.82 Å². The predicted octanol–water partition coefficient (Wildman–Crippen LogP) is 4.22. The average Bonchev–Trinajstić information content (AvgIpc) is 2.66. The van der Waals surface area contributed by atoms with E-state index in [0.717, 1.165) is 31.5 Å². The Morgan fingerprint density at radius 1 is 1.27 bits per heavy atom. The molecule has 7 heteroatoms. The zero-order valence-corrected chi connectivity index (χ0v) is 15.2. The van der Waals surface area contributed by atoms with Crippen molar-refractivity contribution in [2.24, 2.45) is 0 Å². The van der Waals surface area contributed by atoms with Crippen LogP contribution in [-0.4, -0.2) is 35.5 Å². The first kappa shape index (κ1) is 18.6. The van der Waals surface area contributed by atoms with E-state index in [-0.39, 0.29) is 17.1 Å². The fourth-order valence-corrected chi connectivity index (χ4v) is 3.42. The van der Waals surface area contributed by atoms with Gasteiger partial charge in [-0.3, -0.25) is 9.88 Å². The maximum Gasteiger partial charge on any atom is 0.319 e. The largest absolute Gasteiger partial charge is 0.336 e. The zero-order valence-electron chi connectivity index (χ0n) is 14.4. The first-order valence-corrected chi connectivity index (χ1v) is 9.15. The number of urea groups is 1. The topological polar surface area (TPSA) is 57.3 Å². The van der Waals surface area contributed by atoms with Crippen LogP contribution in [0.15, 0.2) is 42.7 Å². The van der Waals surface area contributed by atoms with E-state index in [2.05, 4.69) is 20.5 Å². The second-order valence-corrected chi connectivity index (χ2v) is 6.77. The molecule has 1 aromatic heterocycles. The number of pyridine rings is 1. The van der Waals surface area contributed by atoms with Gasteiger partial charge in [-0.2, -0.15) is 0 Å². The molecule has 5 nitrogen and oxygen atoms in total. The quantitative estimate of drug-likeness (QED) is 0.821. The molecule has 0 aliphatic carbocycles. The lowest BCUT2D eigenvalue weighted by Crippen LogP contribution is -2.41. The molecule has 1 aromatic carbocycles. The number of aromatic nitrogens is 1. The number of hydrogen-bond donors (Lipinski definition) is 2. The van der Waals surface area contributed by atoms with E-state index < -0.39 is 5.82 Å². The summed E-state index contributed by atoms with van der Waals surface area (Å²) in [6, 6.07) is 7.51. The molecule has 2 aromatic rings. The molecule has 0 radical (unpaired) electrons. The highest BCUT2D eigenvalue weighted by molar-refractivity contribution is 6.33. The van der Waals surface area contributed by atoms with Crippen LogP contribution in [0, 0.1) is 5.82 Å². The summed E-state index contributed by atoms with van der Waals surface area (Å²) in [4.78, 5) is 18.8. The molecule has 1 aliphatic heterocycles. The van der Waals surface area contributed by atoms with Crippen molar-refractivity contribution < 1.29 is 9.18 Å². The number of benzene rings is 1. The Morgan fingerprint density at radius 2 is 2.08 bits per heavy atom. The Kier molecular flexibility index (Phi) is 6.41. The maximum atomic E-state index is 13.1. The SMILES string of the molecule is O=C(NCC(c1cccnc1)N1CCCCC1)Nc1ccc(F)cc1Cl. The number of likely N-dealkylation sites (tertiary alicyclic amines) is 1. The second kappa shape index (κ2) is 8.96. The summed E-state index contributed by atoms with van der Waals surface area (Å²) in [7, 11) is 0. The number of piperidine rings is 1. The normalized spacial score (nSPS) is 16.1. The summed E-state index contributed by atoms with van der Waals surface area (Å²) in [6.07, 6.45) is 7.15. The fourth-order valence-electron chi connectivity index (χ4n) is 3.21. The molecule has 1 saturated heterocycles. The number of anilines is 1. The van der Waals surface area contributed by atoms with Crippen LogP contribution in [-0.2, 0) is 0 Å². The number of hydrogen-bond acceptors (Lipinski definition) is 3. The number of carbonyl (C=O) groups excluding carboxylic acids is 1. The van der Waals surface area contributed by atoms with E-state index in [9.17, 15) is 9.18 Å². The molecule has 26 heavy (non-hydrogen) atoms. The molecule has 0 saturated carbocycles. The Morgan fingerprint density at radius 3 is 2.77 bits per heavy atom. The van der Waals surface area contributed by atoms with Crippen LogP contribution in [0.4, 0.5) is 14.9 Å². The highest BCUT2D eigenvalue weighted by Crippen LogP contribution is 2.24. The molecule has 1 fully saturated rings. The number of nitrogens with zero attached hydrogens (tertiary/aromatic N) is 2. The van der Waals surface area contributed by atoms with E-state index in [1.807, 2.05) is 18.3 Å². The molecule has 138 valence electrons. The van der Waals surface area contributed by atoms with Crippen LogP contribution >= 0.6 is 11.6 Å². The monoisotopic (exact) mass is 376 g/mol. The van der Waals surface area contributed by atoms with Crippen LogP contribution in [0.3, 0.4) is 0 Å². The first-order valence-electron chi connectivity index (χ1n) is 8.77. The van der Waals surface area contributed by atoms with Crippen LogP contribution in [0.1, 0.15) is 30.9 Å². The van der Waals surface area contributed by atoms with E-state index in [0.29, 0.717) is 12.2 Å². The van der Waals surface area contributed by atoms with Gasteiger partial charge in [0.25, 0.3) is 0 Å². The minimum atomic E-state index is -0.442. The summed E-state index contributed by atoms with van der Waals surface area (Å²) in [6.45, 7) is 2.47. The Labute approximate surface area is 157 Å². The third kappa shape index (κ3) is 4.93. The molecule has 0 bridgehead atoms. The van der Waals surface area contributed by atoms with Gasteiger partial charge in [0.15, 0.2) is 0 Å². The van der Waals surface area contributed by atoms with Crippen LogP contribution < -0.4 is 10.6 Å².